The molecule has 0 aromatic heterocycles. The molecule has 1 aliphatic rings. The Morgan fingerprint density at radius 3 is 2.73 bits per heavy atom. The molecule has 1 heterocycles. The number of hydrogen-bond acceptors (Lipinski definition) is 3. The van der Waals surface area contributed by atoms with Crippen LogP contribution in [-0.4, -0.2) is 54.7 Å². The van der Waals surface area contributed by atoms with E-state index in [9.17, 15) is 4.79 Å². The number of likely N-dealkylation sites (tertiary alicyclic amines) is 1. The quantitative estimate of drug-likeness (QED) is 0.203. The van der Waals surface area contributed by atoms with Gasteiger partial charge in [-0.05, 0) is 25.5 Å². The van der Waals surface area contributed by atoms with E-state index in [1.807, 2.05) is 36.6 Å². The molecule has 1 unspecified atom stereocenters. The zero-order valence-corrected chi connectivity index (χ0v) is 19.1. The number of thioether (sulfide) groups is 1. The molecule has 1 aromatic rings. The first-order chi connectivity index (χ1) is 12.1. The van der Waals surface area contributed by atoms with Crippen LogP contribution in [0.15, 0.2) is 40.2 Å². The van der Waals surface area contributed by atoms with Crippen molar-refractivity contribution >= 4 is 47.6 Å². The van der Waals surface area contributed by atoms with Gasteiger partial charge in [-0.25, -0.2) is 0 Å². The number of benzene rings is 1. The van der Waals surface area contributed by atoms with Gasteiger partial charge in [-0.3, -0.25) is 9.79 Å². The molecule has 0 aliphatic carbocycles. The number of amides is 1. The van der Waals surface area contributed by atoms with E-state index in [1.165, 1.54) is 4.90 Å². The van der Waals surface area contributed by atoms with Crippen LogP contribution in [0.2, 0.25) is 0 Å². The zero-order valence-electron chi connectivity index (χ0n) is 15.9. The summed E-state index contributed by atoms with van der Waals surface area (Å²) in [6.07, 6.45) is 0.974. The third-order valence-corrected chi connectivity index (χ3v) is 5.04. The Kier molecular flexibility index (Phi) is 11.0. The van der Waals surface area contributed by atoms with Crippen molar-refractivity contribution in [3.8, 4) is 0 Å². The van der Waals surface area contributed by atoms with E-state index in [2.05, 4.69) is 46.8 Å². The number of carbonyl (C=O) groups is 1. The number of nitrogens with zero attached hydrogens (tertiary/aromatic N) is 2. The summed E-state index contributed by atoms with van der Waals surface area (Å²) in [7, 11) is 0. The monoisotopic (exact) mass is 490 g/mol. The summed E-state index contributed by atoms with van der Waals surface area (Å²) in [4.78, 5) is 20.0. The molecule has 2 rings (SSSR count). The van der Waals surface area contributed by atoms with Gasteiger partial charge in [0.15, 0.2) is 5.96 Å². The molecule has 1 aromatic carbocycles. The lowest BCUT2D eigenvalue weighted by Crippen LogP contribution is -2.45. The molecule has 1 amide bonds. The topological polar surface area (TPSA) is 56.7 Å². The molecule has 1 fully saturated rings. The molecule has 7 heteroatoms. The molecule has 146 valence electrons. The van der Waals surface area contributed by atoms with Gasteiger partial charge in [-0.1, -0.05) is 32.0 Å². The molecule has 0 spiro atoms. The maximum Gasteiger partial charge on any atom is 0.225 e. The van der Waals surface area contributed by atoms with Crippen LogP contribution in [0.1, 0.15) is 27.2 Å². The maximum absolute atomic E-state index is 12.1. The van der Waals surface area contributed by atoms with Crippen LogP contribution in [-0.2, 0) is 4.79 Å². The summed E-state index contributed by atoms with van der Waals surface area (Å²) >= 11 is 1.82. The molecule has 0 radical (unpaired) electrons. The van der Waals surface area contributed by atoms with Crippen LogP contribution in [0.4, 0.5) is 0 Å². The fourth-order valence-electron chi connectivity index (χ4n) is 2.79. The van der Waals surface area contributed by atoms with E-state index >= 15 is 0 Å². The zero-order chi connectivity index (χ0) is 18.1. The Labute approximate surface area is 178 Å². The number of halogens is 1. The molecular weight excluding hydrogens is 459 g/mol. The third kappa shape index (κ3) is 7.73. The van der Waals surface area contributed by atoms with Crippen LogP contribution in [0.3, 0.4) is 0 Å². The van der Waals surface area contributed by atoms with Crippen molar-refractivity contribution in [2.75, 3.05) is 31.9 Å². The van der Waals surface area contributed by atoms with E-state index in [-0.39, 0.29) is 41.8 Å². The summed E-state index contributed by atoms with van der Waals surface area (Å²) in [5.41, 5.74) is 0. The van der Waals surface area contributed by atoms with Gasteiger partial charge in [0.05, 0.1) is 6.54 Å². The average molecular weight is 490 g/mol. The van der Waals surface area contributed by atoms with Gasteiger partial charge in [0.1, 0.15) is 0 Å². The fraction of sp³-hybridized carbons (Fsp3) is 0.579. The van der Waals surface area contributed by atoms with Gasteiger partial charge in [-0.2, -0.15) is 0 Å². The lowest BCUT2D eigenvalue weighted by Gasteiger charge is -2.20. The Bertz CT molecular complexity index is 568. The van der Waals surface area contributed by atoms with Gasteiger partial charge < -0.3 is 15.5 Å². The predicted octanol–water partition coefficient (Wildman–Crippen LogP) is 3.21. The summed E-state index contributed by atoms with van der Waals surface area (Å²) in [5.74, 6) is 2.10. The van der Waals surface area contributed by atoms with Gasteiger partial charge in [0.25, 0.3) is 0 Å². The fourth-order valence-corrected chi connectivity index (χ4v) is 3.56. The van der Waals surface area contributed by atoms with Crippen LogP contribution in [0, 0.1) is 5.92 Å². The number of rotatable bonds is 7. The van der Waals surface area contributed by atoms with Crippen molar-refractivity contribution < 1.29 is 4.79 Å². The Balaban J connectivity index is 0.00000338. The summed E-state index contributed by atoms with van der Waals surface area (Å²) in [6, 6.07) is 10.7. The smallest absolute Gasteiger partial charge is 0.225 e. The Hall–Kier alpha value is -0.960. The second-order valence-corrected chi connectivity index (χ2v) is 7.66. The van der Waals surface area contributed by atoms with Crippen LogP contribution >= 0.6 is 35.7 Å². The number of carbonyl (C=O) groups excluding carboxylic acids is 1. The molecule has 0 saturated carbocycles. The highest BCUT2D eigenvalue weighted by Crippen LogP contribution is 2.16. The summed E-state index contributed by atoms with van der Waals surface area (Å²) < 4.78 is 0. The van der Waals surface area contributed by atoms with E-state index in [0.29, 0.717) is 0 Å². The maximum atomic E-state index is 12.1. The highest BCUT2D eigenvalue weighted by molar-refractivity contribution is 14.0. The lowest BCUT2D eigenvalue weighted by atomic mass is 10.2. The standard InChI is InChI=1S/C19H30N4OS.HI/c1-4-20-19(21-11-13-25-17-8-6-5-7-9-17)22-16-10-12-23(14-16)18(24)15(2)3;/h5-9,15-16H,4,10-14H2,1-3H3,(H2,20,21,22);1H. The number of hydrogen-bond donors (Lipinski definition) is 2. The van der Waals surface area contributed by atoms with Gasteiger partial charge in [0.2, 0.25) is 5.91 Å². The Morgan fingerprint density at radius 2 is 2.08 bits per heavy atom. The molecule has 1 atom stereocenters. The van der Waals surface area contributed by atoms with Crippen molar-refractivity contribution in [1.82, 2.24) is 15.5 Å². The Morgan fingerprint density at radius 1 is 1.35 bits per heavy atom. The number of nitrogens with one attached hydrogen (secondary N) is 2. The van der Waals surface area contributed by atoms with Crippen molar-refractivity contribution in [2.45, 2.75) is 38.1 Å². The van der Waals surface area contributed by atoms with E-state index in [1.54, 1.807) is 0 Å². The normalized spacial score (nSPS) is 17.2. The van der Waals surface area contributed by atoms with Crippen molar-refractivity contribution in [3.63, 3.8) is 0 Å². The highest BCUT2D eigenvalue weighted by atomic mass is 127. The summed E-state index contributed by atoms with van der Waals surface area (Å²) in [5, 5.41) is 6.78. The van der Waals surface area contributed by atoms with Crippen LogP contribution < -0.4 is 10.6 Å². The minimum absolute atomic E-state index is 0. The van der Waals surface area contributed by atoms with Crippen LogP contribution in [0.5, 0.6) is 0 Å². The minimum Gasteiger partial charge on any atom is -0.357 e. The van der Waals surface area contributed by atoms with Gasteiger partial charge >= 0.3 is 0 Å². The molecule has 1 aliphatic heterocycles. The summed E-state index contributed by atoms with van der Waals surface area (Å²) in [6.45, 7) is 9.17. The molecule has 0 bridgehead atoms. The number of guanidine groups is 1. The second-order valence-electron chi connectivity index (χ2n) is 6.49. The van der Waals surface area contributed by atoms with Crippen molar-refractivity contribution in [2.24, 2.45) is 10.9 Å². The average Bonchev–Trinajstić information content (AvgIpc) is 3.07. The van der Waals surface area contributed by atoms with Gasteiger partial charge in [0, 0.05) is 42.2 Å². The van der Waals surface area contributed by atoms with Crippen molar-refractivity contribution in [1.29, 1.82) is 0 Å². The third-order valence-electron chi connectivity index (χ3n) is 4.05. The first-order valence-electron chi connectivity index (χ1n) is 9.11. The van der Waals surface area contributed by atoms with Crippen LogP contribution in [0.25, 0.3) is 0 Å². The molecule has 5 nitrogen and oxygen atoms in total. The van der Waals surface area contributed by atoms with Crippen molar-refractivity contribution in [3.05, 3.63) is 30.3 Å². The first kappa shape index (κ1) is 23.1. The second kappa shape index (κ2) is 12.4. The van der Waals surface area contributed by atoms with E-state index in [0.717, 1.165) is 44.3 Å². The van der Waals surface area contributed by atoms with Gasteiger partial charge in [-0.15, -0.1) is 35.7 Å². The van der Waals surface area contributed by atoms with E-state index in [4.69, 9.17) is 0 Å². The first-order valence-corrected chi connectivity index (χ1v) is 10.1. The molecule has 1 saturated heterocycles. The lowest BCUT2D eigenvalue weighted by molar-refractivity contribution is -0.133. The SMILES string of the molecule is CCNC(=NCCSc1ccccc1)NC1CCN(C(=O)C(C)C)C1.I. The minimum atomic E-state index is 0. The predicted molar refractivity (Wildman–Crippen MR) is 122 cm³/mol. The molecular formula is C19H31IN4OS. The largest absolute Gasteiger partial charge is 0.357 e. The van der Waals surface area contributed by atoms with E-state index < -0.39 is 0 Å². The molecule has 2 N–H and O–H groups in total. The number of aliphatic imine (C=N–C) groups is 1. The highest BCUT2D eigenvalue weighted by Gasteiger charge is 2.27. The molecule has 26 heavy (non-hydrogen) atoms.